The molecule has 0 aliphatic carbocycles. The summed E-state index contributed by atoms with van der Waals surface area (Å²) in [6.45, 7) is 6.94. The molecule has 1 N–H and O–H groups in total. The maximum Gasteiger partial charge on any atom is 0.314 e. The van der Waals surface area contributed by atoms with Gasteiger partial charge in [-0.2, -0.15) is 0 Å². The Balaban J connectivity index is 2.29. The molecule has 2 rings (SSSR count). The zero-order valence-electron chi connectivity index (χ0n) is 11.0. The first-order valence-electron chi connectivity index (χ1n) is 6.22. The highest BCUT2D eigenvalue weighted by Crippen LogP contribution is 2.37. The van der Waals surface area contributed by atoms with Gasteiger partial charge in [-0.3, -0.25) is 4.79 Å². The minimum absolute atomic E-state index is 0.431. The second-order valence-corrected chi connectivity index (χ2v) is 6.31. The maximum atomic E-state index is 11.3. The molecule has 1 fully saturated rings. The van der Waals surface area contributed by atoms with Crippen molar-refractivity contribution in [1.82, 2.24) is 4.98 Å². The number of rotatable bonds is 3. The topological polar surface area (TPSA) is 59.4 Å². The molecule has 5 heteroatoms. The van der Waals surface area contributed by atoms with Gasteiger partial charge in [0.1, 0.15) is 0 Å². The van der Waals surface area contributed by atoms with Crippen LogP contribution in [0.5, 0.6) is 0 Å². The van der Waals surface area contributed by atoms with Crippen molar-refractivity contribution in [3.8, 4) is 0 Å². The van der Waals surface area contributed by atoms with Gasteiger partial charge in [-0.15, -0.1) is 11.3 Å². The minimum Gasteiger partial charge on any atom is -0.481 e. The molecule has 1 aromatic heterocycles. The van der Waals surface area contributed by atoms with E-state index in [1.54, 1.807) is 25.2 Å². The molecule has 0 bridgehead atoms. The SMILES string of the molecule is Cc1nc(C2CCOCC2)sc1C(C)(C)C(=O)O. The molecule has 1 saturated heterocycles. The van der Waals surface area contributed by atoms with Crippen LogP contribution in [0.15, 0.2) is 0 Å². The smallest absolute Gasteiger partial charge is 0.314 e. The van der Waals surface area contributed by atoms with E-state index in [0.29, 0.717) is 5.92 Å². The molecule has 18 heavy (non-hydrogen) atoms. The summed E-state index contributed by atoms with van der Waals surface area (Å²) in [5, 5.41) is 10.4. The zero-order chi connectivity index (χ0) is 13.3. The lowest BCUT2D eigenvalue weighted by molar-refractivity contribution is -0.142. The fourth-order valence-corrected chi connectivity index (χ4v) is 3.54. The number of hydrogen-bond acceptors (Lipinski definition) is 4. The Kier molecular flexibility index (Phi) is 3.73. The molecule has 2 heterocycles. The fourth-order valence-electron chi connectivity index (χ4n) is 2.21. The number of ether oxygens (including phenoxy) is 1. The van der Waals surface area contributed by atoms with Crippen LogP contribution in [0, 0.1) is 6.92 Å². The molecule has 4 nitrogen and oxygen atoms in total. The van der Waals surface area contributed by atoms with Gasteiger partial charge in [0.15, 0.2) is 0 Å². The summed E-state index contributed by atoms with van der Waals surface area (Å²) < 4.78 is 5.35. The molecule has 0 aromatic carbocycles. The highest BCUT2D eigenvalue weighted by Gasteiger charge is 2.34. The van der Waals surface area contributed by atoms with E-state index in [2.05, 4.69) is 4.98 Å². The van der Waals surface area contributed by atoms with Crippen molar-refractivity contribution in [2.45, 2.75) is 44.9 Å². The van der Waals surface area contributed by atoms with Crippen LogP contribution >= 0.6 is 11.3 Å². The molecular formula is C13H19NO3S. The van der Waals surface area contributed by atoms with Crippen LogP contribution in [-0.2, 0) is 14.9 Å². The van der Waals surface area contributed by atoms with Gasteiger partial charge in [0.2, 0.25) is 0 Å². The highest BCUT2D eigenvalue weighted by molar-refractivity contribution is 7.12. The van der Waals surface area contributed by atoms with Crippen LogP contribution in [0.25, 0.3) is 0 Å². The van der Waals surface area contributed by atoms with E-state index in [1.807, 2.05) is 6.92 Å². The quantitative estimate of drug-likeness (QED) is 0.916. The predicted octanol–water partition coefficient (Wildman–Crippen LogP) is 2.71. The van der Waals surface area contributed by atoms with E-state index < -0.39 is 11.4 Å². The summed E-state index contributed by atoms with van der Waals surface area (Å²) >= 11 is 1.55. The number of hydrogen-bond donors (Lipinski definition) is 1. The Morgan fingerprint density at radius 3 is 2.61 bits per heavy atom. The van der Waals surface area contributed by atoms with Crippen molar-refractivity contribution >= 4 is 17.3 Å². The molecule has 1 aliphatic rings. The first-order valence-corrected chi connectivity index (χ1v) is 7.03. The van der Waals surface area contributed by atoms with Crippen LogP contribution < -0.4 is 0 Å². The molecule has 0 spiro atoms. The van der Waals surface area contributed by atoms with E-state index in [0.717, 1.165) is 41.6 Å². The lowest BCUT2D eigenvalue weighted by Gasteiger charge is -2.20. The van der Waals surface area contributed by atoms with E-state index >= 15 is 0 Å². The summed E-state index contributed by atoms with van der Waals surface area (Å²) in [5.74, 6) is -0.367. The lowest BCUT2D eigenvalue weighted by Crippen LogP contribution is -2.28. The number of aliphatic carboxylic acids is 1. The van der Waals surface area contributed by atoms with Crippen molar-refractivity contribution in [3.63, 3.8) is 0 Å². The van der Waals surface area contributed by atoms with Gasteiger partial charge in [-0.25, -0.2) is 4.98 Å². The van der Waals surface area contributed by atoms with Gasteiger partial charge in [0.05, 0.1) is 16.1 Å². The Bertz CT molecular complexity index is 447. The molecule has 100 valence electrons. The summed E-state index contributed by atoms with van der Waals surface area (Å²) in [5.41, 5.74) is -0.000530. The Hall–Kier alpha value is -0.940. The van der Waals surface area contributed by atoms with Crippen LogP contribution in [0.1, 0.15) is 48.2 Å². The largest absolute Gasteiger partial charge is 0.481 e. The molecular weight excluding hydrogens is 250 g/mol. The van der Waals surface area contributed by atoms with Crippen molar-refractivity contribution in [3.05, 3.63) is 15.6 Å². The van der Waals surface area contributed by atoms with Crippen molar-refractivity contribution in [2.24, 2.45) is 0 Å². The Morgan fingerprint density at radius 2 is 2.06 bits per heavy atom. The molecule has 1 aromatic rings. The monoisotopic (exact) mass is 269 g/mol. The van der Waals surface area contributed by atoms with Crippen LogP contribution in [-0.4, -0.2) is 29.3 Å². The van der Waals surface area contributed by atoms with Gasteiger partial charge in [0.25, 0.3) is 0 Å². The number of carbonyl (C=O) groups is 1. The zero-order valence-corrected chi connectivity index (χ0v) is 11.8. The number of carboxylic acids is 1. The lowest BCUT2D eigenvalue weighted by atomic mass is 9.91. The van der Waals surface area contributed by atoms with Gasteiger partial charge in [-0.1, -0.05) is 0 Å². The van der Waals surface area contributed by atoms with Crippen LogP contribution in [0.2, 0.25) is 0 Å². The average molecular weight is 269 g/mol. The number of thiazole rings is 1. The van der Waals surface area contributed by atoms with E-state index in [-0.39, 0.29) is 0 Å². The normalized spacial score (nSPS) is 17.9. The number of aryl methyl sites for hydroxylation is 1. The third-order valence-corrected chi connectivity index (χ3v) is 5.13. The predicted molar refractivity (Wildman–Crippen MR) is 70.3 cm³/mol. The van der Waals surface area contributed by atoms with E-state index in [4.69, 9.17) is 4.74 Å². The molecule has 1 aliphatic heterocycles. The first-order chi connectivity index (χ1) is 8.43. The fraction of sp³-hybridized carbons (Fsp3) is 0.692. The highest BCUT2D eigenvalue weighted by atomic mass is 32.1. The maximum absolute atomic E-state index is 11.3. The van der Waals surface area contributed by atoms with Gasteiger partial charge >= 0.3 is 5.97 Å². The summed E-state index contributed by atoms with van der Waals surface area (Å²) in [6, 6.07) is 0. The van der Waals surface area contributed by atoms with Gasteiger partial charge < -0.3 is 9.84 Å². The third kappa shape index (κ3) is 2.42. The molecule has 0 atom stereocenters. The van der Waals surface area contributed by atoms with Crippen molar-refractivity contribution < 1.29 is 14.6 Å². The van der Waals surface area contributed by atoms with Crippen LogP contribution in [0.4, 0.5) is 0 Å². The van der Waals surface area contributed by atoms with Crippen LogP contribution in [0.3, 0.4) is 0 Å². The Labute approximate surface area is 111 Å². The number of nitrogens with zero attached hydrogens (tertiary/aromatic N) is 1. The van der Waals surface area contributed by atoms with E-state index in [1.165, 1.54) is 0 Å². The Morgan fingerprint density at radius 1 is 1.44 bits per heavy atom. The summed E-state index contributed by atoms with van der Waals surface area (Å²) in [6.07, 6.45) is 1.97. The standard InChI is InChI=1S/C13H19NO3S/c1-8-10(13(2,3)12(15)16)18-11(14-8)9-4-6-17-7-5-9/h9H,4-7H2,1-3H3,(H,15,16). The third-order valence-electron chi connectivity index (χ3n) is 3.49. The molecule has 0 saturated carbocycles. The molecule has 0 radical (unpaired) electrons. The summed E-state index contributed by atoms with van der Waals surface area (Å²) in [7, 11) is 0. The second kappa shape index (κ2) is 4.97. The van der Waals surface area contributed by atoms with Gasteiger partial charge in [0, 0.05) is 24.0 Å². The number of aromatic nitrogens is 1. The summed E-state index contributed by atoms with van der Waals surface area (Å²) in [4.78, 5) is 16.8. The average Bonchev–Trinajstić information content (AvgIpc) is 2.73. The second-order valence-electron chi connectivity index (χ2n) is 5.28. The number of carboxylic acid groups (broad SMARTS) is 1. The van der Waals surface area contributed by atoms with Crippen molar-refractivity contribution in [2.75, 3.05) is 13.2 Å². The minimum atomic E-state index is -0.856. The first kappa shape index (κ1) is 13.5. The molecule has 0 unspecified atom stereocenters. The molecule has 0 amide bonds. The van der Waals surface area contributed by atoms with Gasteiger partial charge in [-0.05, 0) is 33.6 Å². The van der Waals surface area contributed by atoms with Crippen molar-refractivity contribution in [1.29, 1.82) is 0 Å². The van der Waals surface area contributed by atoms with E-state index in [9.17, 15) is 9.90 Å².